The first kappa shape index (κ1) is 26.2. The topological polar surface area (TPSA) is 124 Å². The smallest absolute Gasteiger partial charge is 0.268 e. The van der Waals surface area contributed by atoms with Gasteiger partial charge in [-0.25, -0.2) is 21.5 Å². The molecule has 12 heteroatoms. The first-order chi connectivity index (χ1) is 19.1. The van der Waals surface area contributed by atoms with Crippen LogP contribution in [0.2, 0.25) is 0 Å². The number of nitrogens with zero attached hydrogens (tertiary/aromatic N) is 4. The number of nitrogens with one attached hydrogen (secondary N) is 1. The number of nitrogen functional groups attached to an aromatic ring is 1. The Hall–Kier alpha value is -4.03. The Morgan fingerprint density at radius 2 is 1.95 bits per heavy atom. The lowest BCUT2D eigenvalue weighted by Crippen LogP contribution is -2.33. The number of anilines is 1. The van der Waals surface area contributed by atoms with Gasteiger partial charge < -0.3 is 11.1 Å². The molecule has 2 unspecified atom stereocenters. The summed E-state index contributed by atoms with van der Waals surface area (Å²) in [6.07, 6.45) is 7.82. The van der Waals surface area contributed by atoms with E-state index in [4.69, 9.17) is 5.73 Å². The largest absolute Gasteiger partial charge is 0.383 e. The van der Waals surface area contributed by atoms with Crippen LogP contribution < -0.4 is 11.1 Å². The molecule has 3 heterocycles. The Morgan fingerprint density at radius 3 is 2.67 bits per heavy atom. The maximum Gasteiger partial charge on any atom is 0.268 e. The van der Waals surface area contributed by atoms with Gasteiger partial charge >= 0.3 is 0 Å². The summed E-state index contributed by atoms with van der Waals surface area (Å²) in [4.78, 5) is 18.6. The number of ketones is 1. The van der Waals surface area contributed by atoms with Crippen LogP contribution in [0.1, 0.15) is 35.0 Å². The van der Waals surface area contributed by atoms with Crippen LogP contribution in [0.4, 0.5) is 10.2 Å². The molecule has 0 bridgehead atoms. The molecular weight excluding hydrogens is 599 g/mol. The normalized spacial score (nSPS) is 18.4. The number of aromatic nitrogens is 3. The zero-order chi connectivity index (χ0) is 28.3. The van der Waals surface area contributed by atoms with Gasteiger partial charge in [0, 0.05) is 11.8 Å². The van der Waals surface area contributed by atoms with Crippen molar-refractivity contribution in [1.82, 2.24) is 19.1 Å². The van der Waals surface area contributed by atoms with E-state index in [2.05, 4.69) is 31.3 Å². The number of carbonyl (C=O) groups is 1. The molecule has 204 valence electrons. The molecule has 0 saturated heterocycles. The molecule has 4 aromatic rings. The van der Waals surface area contributed by atoms with Gasteiger partial charge in [0.15, 0.2) is 0 Å². The van der Waals surface area contributed by atoms with Gasteiger partial charge in [-0.3, -0.25) is 9.79 Å². The molecule has 3 N–H and O–H groups in total. The van der Waals surface area contributed by atoms with Gasteiger partial charge in [0.05, 0.1) is 50.3 Å². The highest BCUT2D eigenvalue weighted by molar-refractivity contribution is 9.10. The highest BCUT2D eigenvalue weighted by atomic mass is 79.9. The summed E-state index contributed by atoms with van der Waals surface area (Å²) in [5.74, 6) is -0.304. The number of carbonyl (C=O) groups excluding carboxylic acids is 1. The third-order valence-electron chi connectivity index (χ3n) is 7.04. The predicted octanol–water partition coefficient (Wildman–Crippen LogP) is 4.66. The fraction of sp³-hybridized carbons (Fsp3) is 0.179. The number of aryl methyl sites for hydroxylation is 1. The third kappa shape index (κ3) is 4.18. The molecule has 0 radical (unpaired) electrons. The number of nitrogens with two attached hydrogens (primary N) is 1. The van der Waals surface area contributed by atoms with Crippen LogP contribution in [0, 0.1) is 12.7 Å². The average Bonchev–Trinajstić information content (AvgIpc) is 3.63. The molecule has 2 aromatic heterocycles. The Morgan fingerprint density at radius 1 is 1.20 bits per heavy atom. The summed E-state index contributed by atoms with van der Waals surface area (Å²) in [7, 11) is -4.26. The number of rotatable bonds is 6. The van der Waals surface area contributed by atoms with Gasteiger partial charge in [-0.2, -0.15) is 5.10 Å². The molecular formula is C28H24BrFN6O3S. The van der Waals surface area contributed by atoms with E-state index in [-0.39, 0.29) is 49.4 Å². The second-order valence-corrected chi connectivity index (χ2v) is 12.3. The quantitative estimate of drug-likeness (QED) is 0.301. The predicted molar refractivity (Wildman–Crippen MR) is 155 cm³/mol. The second kappa shape index (κ2) is 9.56. The van der Waals surface area contributed by atoms with E-state index in [1.807, 2.05) is 32.1 Å². The number of amidine groups is 1. The van der Waals surface area contributed by atoms with Crippen molar-refractivity contribution in [3.05, 3.63) is 94.0 Å². The Balaban J connectivity index is 1.47. The molecule has 0 fully saturated rings. The van der Waals surface area contributed by atoms with Crippen LogP contribution in [0.15, 0.2) is 81.3 Å². The number of allylic oxidation sites excluding steroid dienone is 2. The first-order valence-corrected chi connectivity index (χ1v) is 14.8. The molecule has 2 aliphatic rings. The van der Waals surface area contributed by atoms with Crippen molar-refractivity contribution in [2.75, 3.05) is 5.73 Å². The summed E-state index contributed by atoms with van der Waals surface area (Å²) in [6, 6.07) is 10.1. The van der Waals surface area contributed by atoms with E-state index in [1.54, 1.807) is 12.1 Å². The summed E-state index contributed by atoms with van der Waals surface area (Å²) >= 11 is 3.13. The fourth-order valence-corrected chi connectivity index (χ4v) is 6.77. The van der Waals surface area contributed by atoms with Crippen LogP contribution in [-0.4, -0.2) is 45.9 Å². The number of fused-ring (bicyclic) bond motifs is 2. The molecule has 2 aromatic carbocycles. The van der Waals surface area contributed by atoms with E-state index in [0.29, 0.717) is 5.70 Å². The third-order valence-corrected chi connectivity index (χ3v) is 9.39. The molecule has 0 saturated carbocycles. The van der Waals surface area contributed by atoms with E-state index >= 15 is 0 Å². The van der Waals surface area contributed by atoms with E-state index in [9.17, 15) is 17.6 Å². The molecule has 9 nitrogen and oxygen atoms in total. The Labute approximate surface area is 238 Å². The van der Waals surface area contributed by atoms with Crippen LogP contribution in [0.25, 0.3) is 16.6 Å². The molecule has 2 atom stereocenters. The van der Waals surface area contributed by atoms with Gasteiger partial charge in [-0.15, -0.1) is 0 Å². The highest BCUT2D eigenvalue weighted by Gasteiger charge is 2.31. The van der Waals surface area contributed by atoms with Crippen molar-refractivity contribution >= 4 is 60.0 Å². The lowest BCUT2D eigenvalue weighted by atomic mass is 10.0. The van der Waals surface area contributed by atoms with Gasteiger partial charge in [-0.05, 0) is 65.3 Å². The SMILES string of the molecule is CCC1=NC2C=C(n3ncc(C(=O)c4cc5cc(F)c(Br)cc5n4S(=O)(=O)c4ccc(C)cc4)c3N)C=CC2N1. The molecule has 40 heavy (non-hydrogen) atoms. The van der Waals surface area contributed by atoms with Crippen LogP contribution >= 0.6 is 15.9 Å². The lowest BCUT2D eigenvalue weighted by molar-refractivity contribution is 0.103. The fourth-order valence-electron chi connectivity index (χ4n) is 4.93. The lowest BCUT2D eigenvalue weighted by Gasteiger charge is -2.18. The van der Waals surface area contributed by atoms with Crippen LogP contribution in [-0.2, 0) is 10.0 Å². The minimum absolute atomic E-state index is 0.0152. The van der Waals surface area contributed by atoms with Crippen molar-refractivity contribution < 1.29 is 17.6 Å². The minimum atomic E-state index is -4.26. The summed E-state index contributed by atoms with van der Waals surface area (Å²) in [6.45, 7) is 3.86. The van der Waals surface area contributed by atoms with Crippen LogP contribution in [0.3, 0.4) is 0 Å². The molecule has 1 aliphatic carbocycles. The maximum atomic E-state index is 14.4. The minimum Gasteiger partial charge on any atom is -0.383 e. The van der Waals surface area contributed by atoms with Crippen molar-refractivity contribution in [1.29, 1.82) is 0 Å². The van der Waals surface area contributed by atoms with Crippen molar-refractivity contribution in [3.8, 4) is 0 Å². The monoisotopic (exact) mass is 622 g/mol. The number of hydrogen-bond acceptors (Lipinski definition) is 7. The zero-order valence-electron chi connectivity index (χ0n) is 21.5. The zero-order valence-corrected chi connectivity index (χ0v) is 23.9. The van der Waals surface area contributed by atoms with Gasteiger partial charge in [0.1, 0.15) is 17.3 Å². The molecule has 1 aliphatic heterocycles. The van der Waals surface area contributed by atoms with Crippen molar-refractivity contribution in [2.45, 2.75) is 37.2 Å². The number of halogens is 2. The second-order valence-electron chi connectivity index (χ2n) is 9.66. The Bertz CT molecular complexity index is 1900. The first-order valence-electron chi connectivity index (χ1n) is 12.5. The maximum absolute atomic E-state index is 14.4. The van der Waals surface area contributed by atoms with E-state index < -0.39 is 21.6 Å². The van der Waals surface area contributed by atoms with Crippen LogP contribution in [0.5, 0.6) is 0 Å². The number of benzene rings is 2. The molecule has 0 amide bonds. The van der Waals surface area contributed by atoms with E-state index in [0.717, 1.165) is 21.8 Å². The summed E-state index contributed by atoms with van der Waals surface area (Å²) in [5.41, 5.74) is 7.90. The molecule has 6 rings (SSSR count). The number of hydrogen-bond donors (Lipinski definition) is 2. The number of aliphatic imine (C=N–C) groups is 1. The Kier molecular flexibility index (Phi) is 6.26. The summed E-state index contributed by atoms with van der Waals surface area (Å²) in [5, 5.41) is 7.93. The van der Waals surface area contributed by atoms with Gasteiger partial charge in [0.2, 0.25) is 5.78 Å². The van der Waals surface area contributed by atoms with E-state index in [1.165, 1.54) is 41.2 Å². The summed E-state index contributed by atoms with van der Waals surface area (Å²) < 4.78 is 44.6. The van der Waals surface area contributed by atoms with Gasteiger partial charge in [0.25, 0.3) is 10.0 Å². The van der Waals surface area contributed by atoms with Crippen molar-refractivity contribution in [2.24, 2.45) is 4.99 Å². The highest BCUT2D eigenvalue weighted by Crippen LogP contribution is 2.33. The standard InChI is InChI=1S/C28H24BrFN6O3S/c1-3-26-33-22-9-6-17(12-23(22)34-26)35-28(31)19(14-32-35)27(37)25-11-16-10-21(30)20(29)13-24(16)36(25)40(38,39)18-7-4-15(2)5-8-18/h4-14,22-23H,3,31H2,1-2H3,(H,33,34). The van der Waals surface area contributed by atoms with Crippen molar-refractivity contribution in [3.63, 3.8) is 0 Å². The average molecular weight is 624 g/mol. The van der Waals surface area contributed by atoms with Gasteiger partial charge in [-0.1, -0.05) is 30.7 Å². The molecule has 0 spiro atoms.